The van der Waals surface area contributed by atoms with Crippen LogP contribution in [0.1, 0.15) is 35.9 Å². The molecule has 4 aromatic rings. The molecule has 0 unspecified atom stereocenters. The van der Waals surface area contributed by atoms with Crippen LogP contribution in [-0.2, 0) is 13.1 Å². The summed E-state index contributed by atoms with van der Waals surface area (Å²) < 4.78 is 25.0. The normalized spacial score (nSPS) is 10.9. The number of hydrogen-bond acceptors (Lipinski definition) is 7. The Kier molecular flexibility index (Phi) is 6.77. The van der Waals surface area contributed by atoms with Gasteiger partial charge in [0.2, 0.25) is 0 Å². The molecule has 10 heteroatoms. The molecular formula is C24H22FN5O4. The van der Waals surface area contributed by atoms with Gasteiger partial charge in [0.25, 0.3) is 5.56 Å². The lowest BCUT2D eigenvalue weighted by molar-refractivity contribution is 0.0907. The monoisotopic (exact) mass is 463 g/mol. The lowest BCUT2D eigenvalue weighted by atomic mass is 10.1. The van der Waals surface area contributed by atoms with Crippen molar-refractivity contribution in [3.63, 3.8) is 0 Å². The number of aromatic nitrogens is 4. The number of ether oxygens (including phenoxy) is 1. The van der Waals surface area contributed by atoms with Crippen molar-refractivity contribution < 1.29 is 18.4 Å². The fourth-order valence-electron chi connectivity index (χ4n) is 3.10. The van der Waals surface area contributed by atoms with Crippen LogP contribution in [0.15, 0.2) is 70.0 Å². The second kappa shape index (κ2) is 10.1. The third-order valence-corrected chi connectivity index (χ3v) is 4.71. The van der Waals surface area contributed by atoms with Crippen LogP contribution in [0.25, 0.3) is 11.3 Å². The quantitative estimate of drug-likeness (QED) is 0.427. The first-order valence-electron chi connectivity index (χ1n) is 10.6. The number of rotatable bonds is 8. The van der Waals surface area contributed by atoms with Gasteiger partial charge < -0.3 is 14.6 Å². The average Bonchev–Trinajstić information content (AvgIpc) is 3.29. The number of carbonyl (C=O) groups is 1. The van der Waals surface area contributed by atoms with Crippen molar-refractivity contribution in [2.24, 2.45) is 0 Å². The largest absolute Gasteiger partial charge is 0.491 e. The van der Waals surface area contributed by atoms with Crippen LogP contribution < -0.4 is 15.6 Å². The summed E-state index contributed by atoms with van der Waals surface area (Å²) in [7, 11) is 0. The zero-order valence-corrected chi connectivity index (χ0v) is 18.6. The van der Waals surface area contributed by atoms with E-state index < -0.39 is 5.91 Å². The van der Waals surface area contributed by atoms with Crippen molar-refractivity contribution in [2.75, 3.05) is 0 Å². The summed E-state index contributed by atoms with van der Waals surface area (Å²) in [6.07, 6.45) is 0.0775. The number of amides is 1. The van der Waals surface area contributed by atoms with E-state index in [1.807, 2.05) is 38.1 Å². The third-order valence-electron chi connectivity index (χ3n) is 4.71. The average molecular weight is 463 g/mol. The summed E-state index contributed by atoms with van der Waals surface area (Å²) in [6.45, 7) is 4.06. The molecule has 1 N–H and O–H groups in total. The summed E-state index contributed by atoms with van der Waals surface area (Å²) in [4.78, 5) is 28.7. The van der Waals surface area contributed by atoms with Gasteiger partial charge in [-0.05, 0) is 61.9 Å². The maximum Gasteiger partial charge on any atom is 0.316 e. The van der Waals surface area contributed by atoms with Crippen LogP contribution in [0.5, 0.6) is 5.75 Å². The Hall–Kier alpha value is -4.34. The lowest BCUT2D eigenvalue weighted by Crippen LogP contribution is -2.24. The van der Waals surface area contributed by atoms with Gasteiger partial charge in [0.1, 0.15) is 18.1 Å². The molecule has 0 atom stereocenters. The maximum absolute atomic E-state index is 13.2. The molecule has 0 aliphatic carbocycles. The second-order valence-corrected chi connectivity index (χ2v) is 7.73. The Morgan fingerprint density at radius 2 is 1.82 bits per heavy atom. The molecule has 2 heterocycles. The number of nitrogens with one attached hydrogen (secondary N) is 1. The summed E-state index contributed by atoms with van der Waals surface area (Å²) in [5.74, 6) is -0.267. The van der Waals surface area contributed by atoms with Gasteiger partial charge in [-0.2, -0.15) is 10.1 Å². The smallest absolute Gasteiger partial charge is 0.316 e. The topological polar surface area (TPSA) is 112 Å². The first-order chi connectivity index (χ1) is 16.4. The van der Waals surface area contributed by atoms with Gasteiger partial charge in [-0.25, -0.2) is 9.07 Å². The lowest BCUT2D eigenvalue weighted by Gasteiger charge is -2.10. The minimum atomic E-state index is -0.540. The van der Waals surface area contributed by atoms with E-state index >= 15 is 0 Å². The Bertz CT molecular complexity index is 1330. The minimum Gasteiger partial charge on any atom is -0.491 e. The van der Waals surface area contributed by atoms with Crippen molar-refractivity contribution in [1.82, 2.24) is 25.2 Å². The number of halogens is 1. The molecule has 0 radical (unpaired) electrons. The van der Waals surface area contributed by atoms with E-state index in [4.69, 9.17) is 9.26 Å². The molecule has 9 nitrogen and oxygen atoms in total. The van der Waals surface area contributed by atoms with E-state index in [0.717, 1.165) is 16.0 Å². The highest BCUT2D eigenvalue weighted by Crippen LogP contribution is 2.16. The molecule has 0 saturated heterocycles. The van der Waals surface area contributed by atoms with Crippen LogP contribution in [0.3, 0.4) is 0 Å². The van der Waals surface area contributed by atoms with Crippen LogP contribution >= 0.6 is 0 Å². The highest BCUT2D eigenvalue weighted by atomic mass is 19.1. The predicted molar refractivity (Wildman–Crippen MR) is 121 cm³/mol. The van der Waals surface area contributed by atoms with Gasteiger partial charge >= 0.3 is 11.8 Å². The summed E-state index contributed by atoms with van der Waals surface area (Å²) >= 11 is 0. The van der Waals surface area contributed by atoms with Crippen LogP contribution in [0, 0.1) is 5.82 Å². The van der Waals surface area contributed by atoms with Crippen LogP contribution in [0.2, 0.25) is 0 Å². The molecule has 0 saturated carbocycles. The Morgan fingerprint density at radius 3 is 2.53 bits per heavy atom. The van der Waals surface area contributed by atoms with Gasteiger partial charge in [0.05, 0.1) is 11.8 Å². The van der Waals surface area contributed by atoms with E-state index in [1.54, 1.807) is 18.2 Å². The SMILES string of the molecule is CC(C)Oc1ccc(CNC(=O)c2nc(Cn3nc(-c4ccc(F)cc4)ccc3=O)no2)cc1. The molecule has 2 aromatic carbocycles. The molecule has 0 aliphatic heterocycles. The van der Waals surface area contributed by atoms with E-state index in [9.17, 15) is 14.0 Å². The van der Waals surface area contributed by atoms with Gasteiger partial charge in [0, 0.05) is 18.2 Å². The van der Waals surface area contributed by atoms with Gasteiger partial charge in [-0.3, -0.25) is 9.59 Å². The van der Waals surface area contributed by atoms with Gasteiger partial charge in [0.15, 0.2) is 5.82 Å². The Labute approximate surface area is 194 Å². The summed E-state index contributed by atoms with van der Waals surface area (Å²) in [5.41, 5.74) is 1.61. The van der Waals surface area contributed by atoms with Crippen molar-refractivity contribution >= 4 is 5.91 Å². The highest BCUT2D eigenvalue weighted by molar-refractivity contribution is 5.89. The van der Waals surface area contributed by atoms with Crippen molar-refractivity contribution in [3.05, 3.63) is 94.1 Å². The summed E-state index contributed by atoms with van der Waals surface area (Å²) in [6, 6.07) is 16.0. The van der Waals surface area contributed by atoms with E-state index in [-0.39, 0.29) is 42.3 Å². The molecule has 0 fully saturated rings. The second-order valence-electron chi connectivity index (χ2n) is 7.73. The fraction of sp³-hybridized carbons (Fsp3) is 0.208. The van der Waals surface area contributed by atoms with E-state index in [0.29, 0.717) is 11.3 Å². The first-order valence-corrected chi connectivity index (χ1v) is 10.6. The van der Waals surface area contributed by atoms with Crippen molar-refractivity contribution in [1.29, 1.82) is 0 Å². The zero-order chi connectivity index (χ0) is 24.1. The molecular weight excluding hydrogens is 441 g/mol. The highest BCUT2D eigenvalue weighted by Gasteiger charge is 2.16. The number of hydrogen-bond donors (Lipinski definition) is 1. The number of nitrogens with zero attached hydrogens (tertiary/aromatic N) is 4. The Morgan fingerprint density at radius 1 is 1.09 bits per heavy atom. The Balaban J connectivity index is 1.39. The number of carbonyl (C=O) groups excluding carboxylic acids is 1. The van der Waals surface area contributed by atoms with Crippen molar-refractivity contribution in [2.45, 2.75) is 33.0 Å². The third kappa shape index (κ3) is 5.71. The van der Waals surface area contributed by atoms with Crippen LogP contribution in [0.4, 0.5) is 4.39 Å². The van der Waals surface area contributed by atoms with Crippen molar-refractivity contribution in [3.8, 4) is 17.0 Å². The molecule has 0 spiro atoms. The van der Waals surface area contributed by atoms with Gasteiger partial charge in [-0.1, -0.05) is 17.3 Å². The molecule has 0 bridgehead atoms. The fourth-order valence-corrected chi connectivity index (χ4v) is 3.10. The van der Waals surface area contributed by atoms with Crippen LogP contribution in [-0.4, -0.2) is 31.9 Å². The number of benzene rings is 2. The zero-order valence-electron chi connectivity index (χ0n) is 18.6. The van der Waals surface area contributed by atoms with E-state index in [1.165, 1.54) is 18.2 Å². The minimum absolute atomic E-state index is 0.0775. The molecule has 34 heavy (non-hydrogen) atoms. The van der Waals surface area contributed by atoms with E-state index in [2.05, 4.69) is 20.6 Å². The molecule has 0 aliphatic rings. The predicted octanol–water partition coefficient (Wildman–Crippen LogP) is 3.20. The maximum atomic E-state index is 13.2. The van der Waals surface area contributed by atoms with Gasteiger partial charge in [-0.15, -0.1) is 0 Å². The standard InChI is InChI=1S/C24H22FN5O4/c1-15(2)33-19-9-3-16(4-10-19)13-26-23(32)24-27-21(29-34-24)14-30-22(31)12-11-20(28-30)17-5-7-18(25)8-6-17/h3-12,15H,13-14H2,1-2H3,(H,26,32). The summed E-state index contributed by atoms with van der Waals surface area (Å²) in [5, 5.41) is 10.7. The molecule has 174 valence electrons. The first kappa shape index (κ1) is 22.8. The molecule has 4 rings (SSSR count). The molecule has 2 aromatic heterocycles. The molecule has 1 amide bonds.